The summed E-state index contributed by atoms with van der Waals surface area (Å²) in [7, 11) is 0. The number of aromatic nitrogens is 2. The average Bonchev–Trinajstić information content (AvgIpc) is 3.00. The third-order valence-corrected chi connectivity index (χ3v) is 4.76. The molecule has 138 valence electrons. The van der Waals surface area contributed by atoms with Crippen LogP contribution < -0.4 is 10.1 Å². The Balaban J connectivity index is 1.77. The Kier molecular flexibility index (Phi) is 5.94. The first kappa shape index (κ1) is 18.5. The number of rotatable bonds is 8. The fraction of sp³-hybridized carbons (Fsp3) is 0.409. The van der Waals surface area contributed by atoms with Crippen LogP contribution in [0, 0.1) is 13.8 Å². The lowest BCUT2D eigenvalue weighted by Crippen LogP contribution is -2.34. The molecule has 0 aliphatic carbocycles. The Hall–Kier alpha value is -2.33. The molecule has 0 saturated heterocycles. The van der Waals surface area contributed by atoms with Crippen LogP contribution in [0.2, 0.25) is 0 Å². The highest BCUT2D eigenvalue weighted by Gasteiger charge is 2.12. The maximum absolute atomic E-state index is 6.07. The van der Waals surface area contributed by atoms with Crippen molar-refractivity contribution < 1.29 is 4.74 Å². The van der Waals surface area contributed by atoms with E-state index in [1.807, 2.05) is 12.1 Å². The molecule has 2 heterocycles. The third kappa shape index (κ3) is 3.91. The molecule has 4 nitrogen and oxygen atoms in total. The summed E-state index contributed by atoms with van der Waals surface area (Å²) in [5.41, 5.74) is 5.51. The fourth-order valence-corrected chi connectivity index (χ4v) is 3.16. The molecule has 3 rings (SSSR count). The van der Waals surface area contributed by atoms with Gasteiger partial charge < -0.3 is 9.14 Å². The standard InChI is InChI=1S/C22H29N3O/c1-5-7-14-23-20(6-2)26-19-12-10-18(11-13-19)21-17(4)25-15-8-9-16(3)22(25)24-21/h8-13,15,20,23H,5-7,14H2,1-4H3. The van der Waals surface area contributed by atoms with Gasteiger partial charge >= 0.3 is 0 Å². The van der Waals surface area contributed by atoms with Crippen LogP contribution in [0.5, 0.6) is 5.75 Å². The van der Waals surface area contributed by atoms with Gasteiger partial charge in [-0.05, 0) is 69.1 Å². The molecule has 0 amide bonds. The number of nitrogens with zero attached hydrogens (tertiary/aromatic N) is 2. The highest BCUT2D eigenvalue weighted by molar-refractivity contribution is 5.68. The normalized spacial score (nSPS) is 12.5. The average molecular weight is 351 g/mol. The summed E-state index contributed by atoms with van der Waals surface area (Å²) in [4.78, 5) is 4.85. The summed E-state index contributed by atoms with van der Waals surface area (Å²) in [5, 5.41) is 3.46. The molecule has 26 heavy (non-hydrogen) atoms. The molecule has 2 aromatic heterocycles. The SMILES string of the molecule is CCCCNC(CC)Oc1ccc(-c2nc3c(C)cccn3c2C)cc1. The second-order valence-electron chi connectivity index (χ2n) is 6.78. The smallest absolute Gasteiger partial charge is 0.149 e. The van der Waals surface area contributed by atoms with Crippen molar-refractivity contribution >= 4 is 5.65 Å². The van der Waals surface area contributed by atoms with Crippen molar-refractivity contribution in [2.24, 2.45) is 0 Å². The molecule has 0 radical (unpaired) electrons. The van der Waals surface area contributed by atoms with Crippen LogP contribution in [0.3, 0.4) is 0 Å². The van der Waals surface area contributed by atoms with Crippen LogP contribution in [-0.2, 0) is 0 Å². The highest BCUT2D eigenvalue weighted by atomic mass is 16.5. The zero-order valence-electron chi connectivity index (χ0n) is 16.2. The third-order valence-electron chi connectivity index (χ3n) is 4.76. The molecule has 3 aromatic rings. The number of hydrogen-bond donors (Lipinski definition) is 1. The monoisotopic (exact) mass is 351 g/mol. The van der Waals surface area contributed by atoms with E-state index in [-0.39, 0.29) is 6.23 Å². The Bertz CT molecular complexity index is 852. The van der Waals surface area contributed by atoms with Gasteiger partial charge in [0.2, 0.25) is 0 Å². The molecule has 0 aliphatic rings. The predicted molar refractivity (Wildman–Crippen MR) is 108 cm³/mol. The predicted octanol–water partition coefficient (Wildman–Crippen LogP) is 5.12. The molecular formula is C22H29N3O. The second kappa shape index (κ2) is 8.37. The molecule has 1 N–H and O–H groups in total. The van der Waals surface area contributed by atoms with Gasteiger partial charge in [0, 0.05) is 17.5 Å². The molecule has 1 unspecified atom stereocenters. The fourth-order valence-electron chi connectivity index (χ4n) is 3.16. The van der Waals surface area contributed by atoms with Crippen LogP contribution in [-0.4, -0.2) is 22.2 Å². The Labute approximate surface area is 156 Å². The molecule has 0 saturated carbocycles. The van der Waals surface area contributed by atoms with Gasteiger partial charge in [0.25, 0.3) is 0 Å². The maximum atomic E-state index is 6.07. The Morgan fingerprint density at radius 1 is 1.12 bits per heavy atom. The molecule has 1 atom stereocenters. The number of aryl methyl sites for hydroxylation is 2. The Morgan fingerprint density at radius 2 is 1.88 bits per heavy atom. The summed E-state index contributed by atoms with van der Waals surface area (Å²) in [6.07, 6.45) is 5.43. The van der Waals surface area contributed by atoms with Gasteiger partial charge in [-0.3, -0.25) is 5.32 Å². The minimum Gasteiger partial charge on any atom is -0.475 e. The number of imidazole rings is 1. The van der Waals surface area contributed by atoms with Gasteiger partial charge in [-0.2, -0.15) is 0 Å². The van der Waals surface area contributed by atoms with Gasteiger partial charge in [-0.25, -0.2) is 4.98 Å². The lowest BCUT2D eigenvalue weighted by atomic mass is 10.1. The number of ether oxygens (including phenoxy) is 1. The van der Waals surface area contributed by atoms with Crippen molar-refractivity contribution in [3.8, 4) is 17.0 Å². The van der Waals surface area contributed by atoms with Gasteiger partial charge in [0.1, 0.15) is 17.6 Å². The number of hydrogen-bond acceptors (Lipinski definition) is 3. The van der Waals surface area contributed by atoms with Crippen LogP contribution in [0.25, 0.3) is 16.9 Å². The van der Waals surface area contributed by atoms with Crippen molar-refractivity contribution in [2.45, 2.75) is 53.2 Å². The van der Waals surface area contributed by atoms with Gasteiger partial charge in [-0.1, -0.05) is 26.3 Å². The van der Waals surface area contributed by atoms with Crippen LogP contribution >= 0.6 is 0 Å². The van der Waals surface area contributed by atoms with Crippen molar-refractivity contribution in [3.63, 3.8) is 0 Å². The van der Waals surface area contributed by atoms with Crippen molar-refractivity contribution in [2.75, 3.05) is 6.54 Å². The molecule has 0 aliphatic heterocycles. The number of pyridine rings is 1. The van der Waals surface area contributed by atoms with Crippen molar-refractivity contribution in [1.82, 2.24) is 14.7 Å². The van der Waals surface area contributed by atoms with Gasteiger partial charge in [-0.15, -0.1) is 0 Å². The summed E-state index contributed by atoms with van der Waals surface area (Å²) in [6, 6.07) is 12.4. The molecule has 1 aromatic carbocycles. The summed E-state index contributed by atoms with van der Waals surface area (Å²) < 4.78 is 8.23. The van der Waals surface area contributed by atoms with E-state index < -0.39 is 0 Å². The zero-order valence-corrected chi connectivity index (χ0v) is 16.2. The summed E-state index contributed by atoms with van der Waals surface area (Å²) >= 11 is 0. The largest absolute Gasteiger partial charge is 0.475 e. The van der Waals surface area contributed by atoms with Crippen molar-refractivity contribution in [1.29, 1.82) is 0 Å². The highest BCUT2D eigenvalue weighted by Crippen LogP contribution is 2.27. The number of unbranched alkanes of at least 4 members (excludes halogenated alkanes) is 1. The topological polar surface area (TPSA) is 38.6 Å². The minimum atomic E-state index is 0.0620. The van der Waals surface area contributed by atoms with Crippen LogP contribution in [0.15, 0.2) is 42.6 Å². The Morgan fingerprint density at radius 3 is 2.54 bits per heavy atom. The van der Waals surface area contributed by atoms with Gasteiger partial charge in [0.05, 0.1) is 5.69 Å². The minimum absolute atomic E-state index is 0.0620. The first-order valence-electron chi connectivity index (χ1n) is 9.58. The zero-order chi connectivity index (χ0) is 18.5. The van der Waals surface area contributed by atoms with E-state index in [4.69, 9.17) is 9.72 Å². The quantitative estimate of drug-likeness (QED) is 0.452. The van der Waals surface area contributed by atoms with Crippen LogP contribution in [0.4, 0.5) is 0 Å². The van der Waals surface area contributed by atoms with E-state index >= 15 is 0 Å². The molecule has 0 bridgehead atoms. The number of fused-ring (bicyclic) bond motifs is 1. The van der Waals surface area contributed by atoms with E-state index in [1.54, 1.807) is 0 Å². The molecule has 4 heteroatoms. The molecular weight excluding hydrogens is 322 g/mol. The first-order chi connectivity index (χ1) is 12.6. The maximum Gasteiger partial charge on any atom is 0.149 e. The lowest BCUT2D eigenvalue weighted by molar-refractivity contribution is 0.159. The molecule has 0 spiro atoms. The van der Waals surface area contributed by atoms with E-state index in [0.29, 0.717) is 0 Å². The van der Waals surface area contributed by atoms with Gasteiger partial charge in [0.15, 0.2) is 0 Å². The molecule has 0 fully saturated rings. The van der Waals surface area contributed by atoms with E-state index in [2.05, 4.69) is 67.9 Å². The number of nitrogens with one attached hydrogen (secondary N) is 1. The van der Waals surface area contributed by atoms with Crippen LogP contribution in [0.1, 0.15) is 44.4 Å². The summed E-state index contributed by atoms with van der Waals surface area (Å²) in [5.74, 6) is 0.891. The number of benzene rings is 1. The summed E-state index contributed by atoms with van der Waals surface area (Å²) in [6.45, 7) is 9.54. The first-order valence-corrected chi connectivity index (χ1v) is 9.58. The van der Waals surface area contributed by atoms with E-state index in [9.17, 15) is 0 Å². The van der Waals surface area contributed by atoms with E-state index in [1.165, 1.54) is 18.4 Å². The lowest BCUT2D eigenvalue weighted by Gasteiger charge is -2.19. The second-order valence-corrected chi connectivity index (χ2v) is 6.78. The van der Waals surface area contributed by atoms with Crippen molar-refractivity contribution in [3.05, 3.63) is 53.9 Å². The van der Waals surface area contributed by atoms with E-state index in [0.717, 1.165) is 41.3 Å².